The van der Waals surface area contributed by atoms with Crippen molar-refractivity contribution < 1.29 is 14.7 Å². The maximum absolute atomic E-state index is 12.4. The van der Waals surface area contributed by atoms with Gasteiger partial charge in [0, 0.05) is 31.5 Å². The van der Waals surface area contributed by atoms with Crippen molar-refractivity contribution in [3.8, 4) is 5.88 Å². The molecule has 2 aromatic heterocycles. The van der Waals surface area contributed by atoms with Crippen LogP contribution in [0.3, 0.4) is 0 Å². The molecule has 1 aliphatic heterocycles. The van der Waals surface area contributed by atoms with Crippen LogP contribution in [-0.4, -0.2) is 50.9 Å². The van der Waals surface area contributed by atoms with Crippen LogP contribution >= 0.6 is 11.3 Å². The Labute approximate surface area is 141 Å². The van der Waals surface area contributed by atoms with Crippen LogP contribution in [0.15, 0.2) is 23.3 Å². The predicted octanol–water partition coefficient (Wildman–Crippen LogP) is 0.434. The lowest BCUT2D eigenvalue weighted by molar-refractivity contribution is -0.131. The second kappa shape index (κ2) is 6.91. The Hall–Kier alpha value is -2.55. The third-order valence-electron chi connectivity index (χ3n) is 4.07. The van der Waals surface area contributed by atoms with Crippen molar-refractivity contribution >= 4 is 23.2 Å². The molecule has 0 bridgehead atoms. The minimum Gasteiger partial charge on any atom is -0.494 e. The number of carbonyl (C=O) groups excluding carboxylic acids is 2. The number of hydrogen-bond acceptors (Lipinski definition) is 5. The van der Waals surface area contributed by atoms with E-state index in [1.165, 1.54) is 0 Å². The highest BCUT2D eigenvalue weighted by Gasteiger charge is 2.29. The monoisotopic (exact) mass is 350 g/mol. The van der Waals surface area contributed by atoms with E-state index in [2.05, 4.69) is 15.3 Å². The summed E-state index contributed by atoms with van der Waals surface area (Å²) in [6.07, 6.45) is 4.95. The molecule has 2 amide bonds. The molecule has 0 spiro atoms. The Balaban J connectivity index is 1.58. The van der Waals surface area contributed by atoms with Crippen molar-refractivity contribution in [2.45, 2.75) is 25.3 Å². The van der Waals surface area contributed by atoms with Gasteiger partial charge in [0.25, 0.3) is 5.91 Å². The van der Waals surface area contributed by atoms with Gasteiger partial charge in [-0.25, -0.2) is 0 Å². The summed E-state index contributed by atoms with van der Waals surface area (Å²) in [5, 5.41) is 12.4. The topological polar surface area (TPSA) is 118 Å². The van der Waals surface area contributed by atoms with Gasteiger partial charge in [-0.2, -0.15) is 0 Å². The van der Waals surface area contributed by atoms with Gasteiger partial charge in [-0.15, -0.1) is 0 Å². The molecule has 3 heterocycles. The number of likely N-dealkylation sites (tertiary alicyclic amines) is 1. The van der Waals surface area contributed by atoms with Crippen LogP contribution in [0.25, 0.3) is 0 Å². The van der Waals surface area contributed by atoms with Crippen LogP contribution in [0, 0.1) is 0 Å². The number of H-pyrrole nitrogens is 2. The third kappa shape index (κ3) is 3.51. The molecule has 0 aliphatic carbocycles. The second-order valence-corrected chi connectivity index (χ2v) is 6.72. The van der Waals surface area contributed by atoms with Crippen LogP contribution in [0.2, 0.25) is 0 Å². The molecule has 1 atom stereocenters. The van der Waals surface area contributed by atoms with Gasteiger partial charge in [-0.3, -0.25) is 19.4 Å². The summed E-state index contributed by atoms with van der Waals surface area (Å²) >= 11 is 0.837. The Bertz CT molecular complexity index is 780. The first-order valence-electron chi connectivity index (χ1n) is 7.66. The van der Waals surface area contributed by atoms with E-state index in [9.17, 15) is 19.5 Å². The number of nitrogens with zero attached hydrogens (tertiary/aromatic N) is 1. The standard InChI is InChI=1S/C15H18N4O4S/c20-12(6-11-14(22)18-15(23)24-11)19-5-1-2-10(19)8-17-13(21)9-3-4-16-7-9/h3-4,7,10,16,22H,1-2,5-6,8H2,(H,17,21)(H,18,23)/t10-/m0/s1. The molecule has 0 radical (unpaired) electrons. The van der Waals surface area contributed by atoms with Crippen LogP contribution in [0.5, 0.6) is 5.88 Å². The minimum atomic E-state index is -0.382. The lowest BCUT2D eigenvalue weighted by atomic mass is 10.2. The van der Waals surface area contributed by atoms with Crippen molar-refractivity contribution in [3.63, 3.8) is 0 Å². The largest absolute Gasteiger partial charge is 0.494 e. The average Bonchev–Trinajstić information content (AvgIpc) is 3.26. The van der Waals surface area contributed by atoms with Gasteiger partial charge in [-0.1, -0.05) is 11.3 Å². The first-order chi connectivity index (χ1) is 11.5. The quantitative estimate of drug-likeness (QED) is 0.625. The second-order valence-electron chi connectivity index (χ2n) is 5.66. The first kappa shape index (κ1) is 16.3. The molecule has 4 N–H and O–H groups in total. The lowest BCUT2D eigenvalue weighted by Crippen LogP contribution is -2.43. The summed E-state index contributed by atoms with van der Waals surface area (Å²) in [5.41, 5.74) is 0.549. The number of hydrogen-bond donors (Lipinski definition) is 4. The molecular formula is C15H18N4O4S. The Morgan fingerprint density at radius 2 is 2.29 bits per heavy atom. The van der Waals surface area contributed by atoms with Crippen molar-refractivity contribution in [3.05, 3.63) is 38.6 Å². The normalized spacial score (nSPS) is 17.2. The molecule has 8 nitrogen and oxygen atoms in total. The summed E-state index contributed by atoms with van der Waals surface area (Å²) in [4.78, 5) is 42.4. The van der Waals surface area contributed by atoms with E-state index in [0.717, 1.165) is 24.2 Å². The van der Waals surface area contributed by atoms with Crippen LogP contribution in [0.4, 0.5) is 0 Å². The number of nitrogens with one attached hydrogen (secondary N) is 3. The molecule has 1 fully saturated rings. The number of rotatable bonds is 5. The van der Waals surface area contributed by atoms with E-state index in [-0.39, 0.29) is 35.0 Å². The lowest BCUT2D eigenvalue weighted by Gasteiger charge is -2.24. The number of carbonyl (C=O) groups is 2. The highest BCUT2D eigenvalue weighted by atomic mass is 32.1. The maximum Gasteiger partial charge on any atom is 0.307 e. The van der Waals surface area contributed by atoms with E-state index >= 15 is 0 Å². The minimum absolute atomic E-state index is 0.0164. The van der Waals surface area contributed by atoms with E-state index in [1.807, 2.05) is 0 Å². The van der Waals surface area contributed by atoms with E-state index in [1.54, 1.807) is 23.4 Å². The SMILES string of the molecule is O=C(NC[C@@H]1CCCN1C(=O)Cc1sc(=O)[nH]c1O)c1cc[nH]c1. The van der Waals surface area contributed by atoms with Crippen molar-refractivity contribution in [2.24, 2.45) is 0 Å². The van der Waals surface area contributed by atoms with Gasteiger partial charge in [0.15, 0.2) is 0 Å². The summed E-state index contributed by atoms with van der Waals surface area (Å²) in [5.74, 6) is -0.578. The number of aromatic hydroxyl groups is 1. The molecule has 2 aromatic rings. The molecular weight excluding hydrogens is 332 g/mol. The number of amides is 2. The molecule has 9 heteroatoms. The van der Waals surface area contributed by atoms with Crippen molar-refractivity contribution in [1.29, 1.82) is 0 Å². The molecule has 24 heavy (non-hydrogen) atoms. The summed E-state index contributed by atoms with van der Waals surface area (Å²) in [6, 6.07) is 1.61. The molecule has 3 rings (SSSR count). The predicted molar refractivity (Wildman–Crippen MR) is 88.2 cm³/mol. The molecule has 0 aromatic carbocycles. The smallest absolute Gasteiger partial charge is 0.307 e. The number of aromatic nitrogens is 2. The molecule has 1 aliphatic rings. The average molecular weight is 350 g/mol. The summed E-state index contributed by atoms with van der Waals surface area (Å²) in [7, 11) is 0. The summed E-state index contributed by atoms with van der Waals surface area (Å²) < 4.78 is 0. The highest BCUT2D eigenvalue weighted by molar-refractivity contribution is 7.09. The first-order valence-corrected chi connectivity index (χ1v) is 8.47. The Morgan fingerprint density at radius 3 is 2.96 bits per heavy atom. The molecule has 1 saturated heterocycles. The Morgan fingerprint density at radius 1 is 1.46 bits per heavy atom. The van der Waals surface area contributed by atoms with Crippen molar-refractivity contribution in [1.82, 2.24) is 20.2 Å². The number of aromatic amines is 2. The van der Waals surface area contributed by atoms with E-state index in [0.29, 0.717) is 23.5 Å². The van der Waals surface area contributed by atoms with Crippen LogP contribution < -0.4 is 10.2 Å². The Kier molecular flexibility index (Phi) is 4.70. The molecule has 128 valence electrons. The zero-order valence-corrected chi connectivity index (χ0v) is 13.7. The highest BCUT2D eigenvalue weighted by Crippen LogP contribution is 2.22. The maximum atomic E-state index is 12.4. The van der Waals surface area contributed by atoms with Gasteiger partial charge in [0.2, 0.25) is 11.8 Å². The zero-order valence-electron chi connectivity index (χ0n) is 12.9. The summed E-state index contributed by atoms with van der Waals surface area (Å²) in [6.45, 7) is 0.995. The van der Waals surface area contributed by atoms with Crippen LogP contribution in [-0.2, 0) is 11.2 Å². The van der Waals surface area contributed by atoms with Gasteiger partial charge in [0.05, 0.1) is 16.9 Å². The fourth-order valence-electron chi connectivity index (χ4n) is 2.86. The molecule has 0 saturated carbocycles. The number of thiazole rings is 1. The molecule has 0 unspecified atom stereocenters. The van der Waals surface area contributed by atoms with Crippen molar-refractivity contribution in [2.75, 3.05) is 13.1 Å². The van der Waals surface area contributed by atoms with Gasteiger partial charge >= 0.3 is 4.87 Å². The third-order valence-corrected chi connectivity index (χ3v) is 4.94. The van der Waals surface area contributed by atoms with Gasteiger partial charge in [0.1, 0.15) is 0 Å². The van der Waals surface area contributed by atoms with E-state index in [4.69, 9.17) is 0 Å². The fraction of sp³-hybridized carbons (Fsp3) is 0.400. The fourth-order valence-corrected chi connectivity index (χ4v) is 3.58. The van der Waals surface area contributed by atoms with Crippen LogP contribution in [0.1, 0.15) is 28.1 Å². The van der Waals surface area contributed by atoms with Gasteiger partial charge in [-0.05, 0) is 18.9 Å². The zero-order chi connectivity index (χ0) is 17.1. The van der Waals surface area contributed by atoms with E-state index < -0.39 is 0 Å². The van der Waals surface area contributed by atoms with Gasteiger partial charge < -0.3 is 20.3 Å².